The van der Waals surface area contributed by atoms with E-state index in [0.29, 0.717) is 5.91 Å². The normalized spacial score (nSPS) is 18.8. The molecule has 2 aliphatic rings. The Bertz CT molecular complexity index is 841. The predicted octanol–water partition coefficient (Wildman–Crippen LogP) is 3.26. The molecular formula is C24H35N5O. The first kappa shape index (κ1) is 20.9. The lowest BCUT2D eigenvalue weighted by Gasteiger charge is -2.39. The molecule has 4 heterocycles. The number of aryl methyl sites for hydroxylation is 2. The van der Waals surface area contributed by atoms with Gasteiger partial charge in [-0.25, -0.2) is 4.98 Å². The summed E-state index contributed by atoms with van der Waals surface area (Å²) in [7, 11) is 0. The Morgan fingerprint density at radius 2 is 1.67 bits per heavy atom. The number of rotatable bonds is 5. The molecule has 0 saturated carbocycles. The molecule has 4 rings (SSSR count). The van der Waals surface area contributed by atoms with Gasteiger partial charge in [0.25, 0.3) is 0 Å². The smallest absolute Gasteiger partial charge is 0.225 e. The Morgan fingerprint density at radius 3 is 2.30 bits per heavy atom. The van der Waals surface area contributed by atoms with Crippen molar-refractivity contribution in [3.8, 4) is 5.69 Å². The summed E-state index contributed by atoms with van der Waals surface area (Å²) in [5.41, 5.74) is 3.57. The Hall–Kier alpha value is -2.34. The fourth-order valence-electron chi connectivity index (χ4n) is 4.96. The molecule has 0 aliphatic carbocycles. The van der Waals surface area contributed by atoms with E-state index in [1.807, 2.05) is 12.3 Å². The van der Waals surface area contributed by atoms with Crippen LogP contribution in [0.4, 0.5) is 5.82 Å². The summed E-state index contributed by atoms with van der Waals surface area (Å²) in [6.45, 7) is 13.2. The van der Waals surface area contributed by atoms with Crippen LogP contribution in [-0.2, 0) is 4.79 Å². The second-order valence-corrected chi connectivity index (χ2v) is 8.73. The number of carbonyl (C=O) groups excluding carboxylic acids is 1. The summed E-state index contributed by atoms with van der Waals surface area (Å²) in [5, 5.41) is 0. The summed E-state index contributed by atoms with van der Waals surface area (Å²) in [5.74, 6) is 1.55. The number of pyridine rings is 1. The van der Waals surface area contributed by atoms with Gasteiger partial charge in [-0.3, -0.25) is 9.69 Å². The van der Waals surface area contributed by atoms with E-state index in [0.717, 1.165) is 70.2 Å². The van der Waals surface area contributed by atoms with Gasteiger partial charge in [-0.2, -0.15) is 0 Å². The molecule has 0 aromatic carbocycles. The van der Waals surface area contributed by atoms with Crippen molar-refractivity contribution in [1.29, 1.82) is 0 Å². The second kappa shape index (κ2) is 9.21. The molecule has 30 heavy (non-hydrogen) atoms. The number of anilines is 1. The van der Waals surface area contributed by atoms with Crippen LogP contribution in [0.15, 0.2) is 30.5 Å². The van der Waals surface area contributed by atoms with Crippen molar-refractivity contribution < 1.29 is 4.79 Å². The van der Waals surface area contributed by atoms with Gasteiger partial charge < -0.3 is 14.4 Å². The first-order valence-electron chi connectivity index (χ1n) is 11.4. The largest absolute Gasteiger partial charge is 0.355 e. The van der Waals surface area contributed by atoms with Crippen LogP contribution in [0.5, 0.6) is 0 Å². The first-order chi connectivity index (χ1) is 14.6. The van der Waals surface area contributed by atoms with Gasteiger partial charge in [-0.05, 0) is 63.9 Å². The van der Waals surface area contributed by atoms with Crippen molar-refractivity contribution >= 4 is 11.7 Å². The zero-order valence-corrected chi connectivity index (χ0v) is 18.7. The van der Waals surface area contributed by atoms with Crippen LogP contribution >= 0.6 is 0 Å². The number of aromatic nitrogens is 2. The lowest BCUT2D eigenvalue weighted by atomic mass is 9.95. The number of piperazine rings is 1. The topological polar surface area (TPSA) is 44.6 Å². The SMILES string of the molecule is CCCN1CCN(C(=O)C2CCN(c3ncccc3-n3c(C)ccc3C)CC2)CC1. The average molecular weight is 410 g/mol. The Morgan fingerprint density at radius 1 is 1.00 bits per heavy atom. The molecular weight excluding hydrogens is 374 g/mol. The highest BCUT2D eigenvalue weighted by molar-refractivity contribution is 5.79. The van der Waals surface area contributed by atoms with Crippen molar-refractivity contribution in [3.63, 3.8) is 0 Å². The molecule has 6 heteroatoms. The molecule has 2 aromatic heterocycles. The third-order valence-electron chi connectivity index (χ3n) is 6.65. The second-order valence-electron chi connectivity index (χ2n) is 8.73. The number of hydrogen-bond donors (Lipinski definition) is 0. The van der Waals surface area contributed by atoms with E-state index in [1.165, 1.54) is 17.8 Å². The van der Waals surface area contributed by atoms with Crippen molar-refractivity contribution in [2.45, 2.75) is 40.0 Å². The molecule has 162 valence electrons. The van der Waals surface area contributed by atoms with E-state index in [2.05, 4.69) is 58.2 Å². The highest BCUT2D eigenvalue weighted by Gasteiger charge is 2.31. The Kier molecular flexibility index (Phi) is 6.42. The van der Waals surface area contributed by atoms with E-state index in [9.17, 15) is 4.79 Å². The number of carbonyl (C=O) groups is 1. The predicted molar refractivity (Wildman–Crippen MR) is 121 cm³/mol. The maximum absolute atomic E-state index is 13.1. The summed E-state index contributed by atoms with van der Waals surface area (Å²) >= 11 is 0. The summed E-state index contributed by atoms with van der Waals surface area (Å²) in [6.07, 6.45) is 4.88. The molecule has 0 atom stereocenters. The molecule has 0 unspecified atom stereocenters. The van der Waals surface area contributed by atoms with Crippen LogP contribution in [-0.4, -0.2) is 71.1 Å². The van der Waals surface area contributed by atoms with Crippen molar-refractivity contribution in [2.24, 2.45) is 5.92 Å². The molecule has 0 spiro atoms. The number of piperidine rings is 1. The maximum atomic E-state index is 13.1. The van der Waals surface area contributed by atoms with Gasteiger partial charge in [0.1, 0.15) is 0 Å². The van der Waals surface area contributed by atoms with Gasteiger partial charge >= 0.3 is 0 Å². The van der Waals surface area contributed by atoms with Gasteiger partial charge in [0.15, 0.2) is 5.82 Å². The zero-order chi connectivity index (χ0) is 21.1. The third kappa shape index (κ3) is 4.24. The lowest BCUT2D eigenvalue weighted by molar-refractivity contribution is -0.138. The van der Waals surface area contributed by atoms with Crippen LogP contribution in [0.25, 0.3) is 5.69 Å². The minimum Gasteiger partial charge on any atom is -0.355 e. The van der Waals surface area contributed by atoms with E-state index in [-0.39, 0.29) is 5.92 Å². The van der Waals surface area contributed by atoms with Crippen molar-refractivity contribution in [1.82, 2.24) is 19.4 Å². The molecule has 0 radical (unpaired) electrons. The minimum absolute atomic E-state index is 0.154. The van der Waals surface area contributed by atoms with Gasteiger partial charge in [0, 0.05) is 62.8 Å². The summed E-state index contributed by atoms with van der Waals surface area (Å²) < 4.78 is 2.27. The highest BCUT2D eigenvalue weighted by Crippen LogP contribution is 2.29. The number of hydrogen-bond acceptors (Lipinski definition) is 4. The molecule has 2 fully saturated rings. The third-order valence-corrected chi connectivity index (χ3v) is 6.65. The minimum atomic E-state index is 0.154. The van der Waals surface area contributed by atoms with E-state index in [4.69, 9.17) is 4.98 Å². The fourth-order valence-corrected chi connectivity index (χ4v) is 4.96. The summed E-state index contributed by atoms with van der Waals surface area (Å²) in [6, 6.07) is 8.45. The lowest BCUT2D eigenvalue weighted by Crippen LogP contribution is -2.51. The van der Waals surface area contributed by atoms with Gasteiger partial charge in [0.2, 0.25) is 5.91 Å². The average Bonchev–Trinajstić information content (AvgIpc) is 3.12. The quantitative estimate of drug-likeness (QED) is 0.760. The molecule has 2 aromatic rings. The van der Waals surface area contributed by atoms with Crippen LogP contribution in [0.2, 0.25) is 0 Å². The first-order valence-corrected chi connectivity index (χ1v) is 11.4. The van der Waals surface area contributed by atoms with Crippen LogP contribution in [0, 0.1) is 19.8 Å². The van der Waals surface area contributed by atoms with Gasteiger partial charge in [0.05, 0.1) is 5.69 Å². The molecule has 0 N–H and O–H groups in total. The monoisotopic (exact) mass is 409 g/mol. The molecule has 2 aliphatic heterocycles. The molecule has 1 amide bonds. The molecule has 6 nitrogen and oxygen atoms in total. The summed E-state index contributed by atoms with van der Waals surface area (Å²) in [4.78, 5) is 24.7. The van der Waals surface area contributed by atoms with Gasteiger partial charge in [-0.15, -0.1) is 0 Å². The maximum Gasteiger partial charge on any atom is 0.225 e. The van der Waals surface area contributed by atoms with Crippen LogP contribution < -0.4 is 4.90 Å². The van der Waals surface area contributed by atoms with Crippen LogP contribution in [0.3, 0.4) is 0 Å². The fraction of sp³-hybridized carbons (Fsp3) is 0.583. The van der Waals surface area contributed by atoms with E-state index in [1.54, 1.807) is 0 Å². The van der Waals surface area contributed by atoms with E-state index >= 15 is 0 Å². The van der Waals surface area contributed by atoms with Gasteiger partial charge in [-0.1, -0.05) is 6.92 Å². The Balaban J connectivity index is 1.39. The number of nitrogens with zero attached hydrogens (tertiary/aromatic N) is 5. The standard InChI is InChI=1S/C24H35N5O/c1-4-12-26-15-17-28(18-16-26)24(30)21-9-13-27(14-10-21)23-22(6-5-11-25-23)29-19(2)7-8-20(29)3/h5-8,11,21H,4,9-10,12-18H2,1-3H3. The zero-order valence-electron chi connectivity index (χ0n) is 18.7. The van der Waals surface area contributed by atoms with E-state index < -0.39 is 0 Å². The number of amides is 1. The molecule has 0 bridgehead atoms. The van der Waals surface area contributed by atoms with Crippen molar-refractivity contribution in [3.05, 3.63) is 41.9 Å². The Labute approximate surface area is 180 Å². The van der Waals surface area contributed by atoms with Crippen LogP contribution in [0.1, 0.15) is 37.6 Å². The molecule has 2 saturated heterocycles. The highest BCUT2D eigenvalue weighted by atomic mass is 16.2. The van der Waals surface area contributed by atoms with Crippen molar-refractivity contribution in [2.75, 3.05) is 50.7 Å².